The molecule has 156 valence electrons. The quantitative estimate of drug-likeness (QED) is 0.726. The van der Waals surface area contributed by atoms with Gasteiger partial charge in [-0.15, -0.1) is 0 Å². The topological polar surface area (TPSA) is 79.0 Å². The number of hydrogen-bond acceptors (Lipinski definition) is 4. The number of aryl methyl sites for hydroxylation is 1. The van der Waals surface area contributed by atoms with E-state index in [-0.39, 0.29) is 37.1 Å². The smallest absolute Gasteiger partial charge is 0.317 e. The van der Waals surface area contributed by atoms with Crippen LogP contribution >= 0.6 is 0 Å². The number of amides is 2. The van der Waals surface area contributed by atoms with E-state index in [1.54, 1.807) is 4.90 Å². The number of nitrogens with one attached hydrogen (secondary N) is 1. The Hall–Kier alpha value is -2.65. The van der Waals surface area contributed by atoms with Gasteiger partial charge in [0.1, 0.15) is 23.1 Å². The molecular formula is C20H24FN3O4S. The van der Waals surface area contributed by atoms with E-state index in [1.807, 2.05) is 31.2 Å². The molecule has 9 heteroatoms. The number of rotatable bonds is 6. The van der Waals surface area contributed by atoms with Gasteiger partial charge in [-0.05, 0) is 31.2 Å². The zero-order valence-electron chi connectivity index (χ0n) is 16.2. The van der Waals surface area contributed by atoms with Crippen LogP contribution in [0.15, 0.2) is 53.4 Å². The molecule has 0 saturated carbocycles. The molecule has 2 amide bonds. The molecule has 1 aliphatic heterocycles. The summed E-state index contributed by atoms with van der Waals surface area (Å²) in [6.45, 7) is 3.35. The lowest BCUT2D eigenvalue weighted by atomic mass is 10.2. The minimum Gasteiger partial charge on any atom is -0.492 e. The minimum absolute atomic E-state index is 0.115. The van der Waals surface area contributed by atoms with Crippen LogP contribution in [0.5, 0.6) is 5.75 Å². The van der Waals surface area contributed by atoms with Crippen molar-refractivity contribution >= 4 is 16.1 Å². The normalized spacial score (nSPS) is 15.2. The monoisotopic (exact) mass is 421 g/mol. The van der Waals surface area contributed by atoms with Crippen LogP contribution in [-0.2, 0) is 10.0 Å². The predicted molar refractivity (Wildman–Crippen MR) is 107 cm³/mol. The Balaban J connectivity index is 1.44. The molecule has 0 unspecified atom stereocenters. The van der Waals surface area contributed by atoms with Gasteiger partial charge in [0.15, 0.2) is 0 Å². The highest BCUT2D eigenvalue weighted by Gasteiger charge is 2.31. The van der Waals surface area contributed by atoms with Crippen molar-refractivity contribution in [2.75, 3.05) is 39.3 Å². The predicted octanol–water partition coefficient (Wildman–Crippen LogP) is 2.23. The van der Waals surface area contributed by atoms with Gasteiger partial charge in [0.2, 0.25) is 10.0 Å². The third-order valence-electron chi connectivity index (χ3n) is 4.65. The van der Waals surface area contributed by atoms with Gasteiger partial charge < -0.3 is 15.0 Å². The molecule has 0 bridgehead atoms. The Labute approximate surface area is 170 Å². The minimum atomic E-state index is -3.92. The summed E-state index contributed by atoms with van der Waals surface area (Å²) in [6.07, 6.45) is 0. The second kappa shape index (κ2) is 9.23. The van der Waals surface area contributed by atoms with Crippen LogP contribution in [0.3, 0.4) is 0 Å². The number of halogens is 1. The van der Waals surface area contributed by atoms with Crippen molar-refractivity contribution < 1.29 is 22.3 Å². The molecule has 7 nitrogen and oxygen atoms in total. The Morgan fingerprint density at radius 3 is 2.38 bits per heavy atom. The van der Waals surface area contributed by atoms with E-state index in [0.717, 1.165) is 17.4 Å². The number of benzene rings is 2. The SMILES string of the molecule is Cc1ccc(OCCNC(=O)N2CCN(S(=O)(=O)c3ccccc3F)CC2)cc1. The molecule has 0 radical (unpaired) electrons. The van der Waals surface area contributed by atoms with Crippen LogP contribution in [0.1, 0.15) is 5.56 Å². The molecule has 0 aliphatic carbocycles. The van der Waals surface area contributed by atoms with Crippen LogP contribution in [0.2, 0.25) is 0 Å². The highest BCUT2D eigenvalue weighted by molar-refractivity contribution is 7.89. The summed E-state index contributed by atoms with van der Waals surface area (Å²) in [5.74, 6) is -0.0435. The number of hydrogen-bond donors (Lipinski definition) is 1. The summed E-state index contributed by atoms with van der Waals surface area (Å²) in [7, 11) is -3.92. The molecule has 1 heterocycles. The van der Waals surface area contributed by atoms with Gasteiger partial charge in [-0.25, -0.2) is 17.6 Å². The van der Waals surface area contributed by atoms with Gasteiger partial charge in [-0.1, -0.05) is 29.8 Å². The summed E-state index contributed by atoms with van der Waals surface area (Å²) >= 11 is 0. The summed E-state index contributed by atoms with van der Waals surface area (Å²) in [5.41, 5.74) is 1.14. The molecule has 1 N–H and O–H groups in total. The fourth-order valence-electron chi connectivity index (χ4n) is 3.00. The summed E-state index contributed by atoms with van der Waals surface area (Å²) in [6, 6.07) is 12.6. The number of carbonyl (C=O) groups excluding carboxylic acids is 1. The van der Waals surface area contributed by atoms with Crippen molar-refractivity contribution in [3.05, 3.63) is 59.9 Å². The van der Waals surface area contributed by atoms with Gasteiger partial charge in [-0.3, -0.25) is 0 Å². The van der Waals surface area contributed by atoms with Gasteiger partial charge in [-0.2, -0.15) is 4.31 Å². The first-order valence-corrected chi connectivity index (χ1v) is 10.8. The molecule has 3 rings (SSSR count). The first kappa shape index (κ1) is 21.1. The zero-order valence-corrected chi connectivity index (χ0v) is 17.0. The maximum atomic E-state index is 13.9. The third kappa shape index (κ3) is 5.24. The van der Waals surface area contributed by atoms with E-state index < -0.39 is 15.8 Å². The highest BCUT2D eigenvalue weighted by Crippen LogP contribution is 2.20. The summed E-state index contributed by atoms with van der Waals surface area (Å²) in [5, 5.41) is 2.76. The first-order valence-electron chi connectivity index (χ1n) is 9.35. The van der Waals surface area contributed by atoms with Crippen LogP contribution in [0.4, 0.5) is 9.18 Å². The number of sulfonamides is 1. The number of urea groups is 1. The standard InChI is InChI=1S/C20H24FN3O4S/c1-16-6-8-17(9-7-16)28-15-10-22-20(25)23-11-13-24(14-12-23)29(26,27)19-5-3-2-4-18(19)21/h2-9H,10-15H2,1H3,(H,22,25). The highest BCUT2D eigenvalue weighted by atomic mass is 32.2. The summed E-state index contributed by atoms with van der Waals surface area (Å²) in [4.78, 5) is 13.5. The van der Waals surface area contributed by atoms with Crippen molar-refractivity contribution in [2.45, 2.75) is 11.8 Å². The number of nitrogens with zero attached hydrogens (tertiary/aromatic N) is 2. The Kier molecular flexibility index (Phi) is 6.71. The van der Waals surface area contributed by atoms with E-state index >= 15 is 0 Å². The lowest BCUT2D eigenvalue weighted by Gasteiger charge is -2.34. The zero-order chi connectivity index (χ0) is 20.9. The van der Waals surface area contributed by atoms with Crippen LogP contribution in [0, 0.1) is 12.7 Å². The first-order chi connectivity index (χ1) is 13.9. The second-order valence-corrected chi connectivity index (χ2v) is 8.62. The van der Waals surface area contributed by atoms with Gasteiger partial charge in [0.25, 0.3) is 0 Å². The van der Waals surface area contributed by atoms with Crippen LogP contribution < -0.4 is 10.1 Å². The fraction of sp³-hybridized carbons (Fsp3) is 0.350. The molecule has 2 aromatic carbocycles. The van der Waals surface area contributed by atoms with Gasteiger partial charge in [0.05, 0.1) is 6.54 Å². The van der Waals surface area contributed by atoms with E-state index in [4.69, 9.17) is 4.74 Å². The Morgan fingerprint density at radius 2 is 1.72 bits per heavy atom. The van der Waals surface area contributed by atoms with Crippen molar-refractivity contribution in [3.8, 4) is 5.75 Å². The lowest BCUT2D eigenvalue weighted by molar-refractivity contribution is 0.170. The molecule has 1 fully saturated rings. The van der Waals surface area contributed by atoms with E-state index in [0.29, 0.717) is 13.2 Å². The second-order valence-electron chi connectivity index (χ2n) is 6.71. The molecular weight excluding hydrogens is 397 g/mol. The van der Waals surface area contributed by atoms with Crippen molar-refractivity contribution in [1.29, 1.82) is 0 Å². The van der Waals surface area contributed by atoms with Crippen LogP contribution in [0.25, 0.3) is 0 Å². The molecule has 0 aromatic heterocycles. The third-order valence-corrected chi connectivity index (χ3v) is 6.58. The van der Waals surface area contributed by atoms with Crippen molar-refractivity contribution in [3.63, 3.8) is 0 Å². The maximum absolute atomic E-state index is 13.9. The van der Waals surface area contributed by atoms with Crippen LogP contribution in [-0.4, -0.2) is 63.0 Å². The number of carbonyl (C=O) groups is 1. The number of piperazine rings is 1. The Morgan fingerprint density at radius 1 is 1.07 bits per heavy atom. The lowest BCUT2D eigenvalue weighted by Crippen LogP contribution is -2.53. The molecule has 1 aliphatic rings. The number of ether oxygens (including phenoxy) is 1. The van der Waals surface area contributed by atoms with Gasteiger partial charge in [0, 0.05) is 26.2 Å². The van der Waals surface area contributed by atoms with Crippen molar-refractivity contribution in [2.24, 2.45) is 0 Å². The molecule has 1 saturated heterocycles. The average molecular weight is 421 g/mol. The molecule has 29 heavy (non-hydrogen) atoms. The van der Waals surface area contributed by atoms with E-state index in [9.17, 15) is 17.6 Å². The van der Waals surface area contributed by atoms with Crippen molar-refractivity contribution in [1.82, 2.24) is 14.5 Å². The molecule has 0 spiro atoms. The fourth-order valence-corrected chi connectivity index (χ4v) is 4.48. The maximum Gasteiger partial charge on any atom is 0.317 e. The average Bonchev–Trinajstić information content (AvgIpc) is 2.72. The van der Waals surface area contributed by atoms with Gasteiger partial charge >= 0.3 is 6.03 Å². The Bertz CT molecular complexity index is 942. The summed E-state index contributed by atoms with van der Waals surface area (Å²) < 4.78 is 45.8. The van der Waals surface area contributed by atoms with E-state index in [2.05, 4.69) is 5.32 Å². The molecule has 0 atom stereocenters. The van der Waals surface area contributed by atoms with E-state index in [1.165, 1.54) is 22.5 Å². The molecule has 2 aromatic rings. The largest absolute Gasteiger partial charge is 0.492 e.